The van der Waals surface area contributed by atoms with Gasteiger partial charge in [0.05, 0.1) is 6.07 Å². The van der Waals surface area contributed by atoms with E-state index in [1.54, 1.807) is 0 Å². The summed E-state index contributed by atoms with van der Waals surface area (Å²) in [5.41, 5.74) is 2.57. The van der Waals surface area contributed by atoms with Crippen LogP contribution in [0.3, 0.4) is 0 Å². The zero-order valence-electron chi connectivity index (χ0n) is 12.9. The lowest BCUT2D eigenvalue weighted by atomic mass is 9.96. The van der Waals surface area contributed by atoms with E-state index in [4.69, 9.17) is 0 Å². The number of hydrogen-bond donors (Lipinski definition) is 1. The van der Waals surface area contributed by atoms with Crippen molar-refractivity contribution in [2.75, 3.05) is 18.0 Å². The first-order valence-electron chi connectivity index (χ1n) is 8.22. The Labute approximate surface area is 128 Å². The molecule has 2 aliphatic rings. The topological polar surface area (TPSA) is 39.1 Å². The van der Waals surface area contributed by atoms with Crippen molar-refractivity contribution in [1.29, 1.82) is 5.26 Å². The van der Waals surface area contributed by atoms with Crippen LogP contribution in [0.1, 0.15) is 44.6 Å². The van der Waals surface area contributed by atoms with Gasteiger partial charge in [-0.25, -0.2) is 0 Å². The van der Waals surface area contributed by atoms with E-state index in [2.05, 4.69) is 47.5 Å². The third kappa shape index (κ3) is 3.57. The van der Waals surface area contributed by atoms with E-state index in [1.807, 2.05) is 0 Å². The van der Waals surface area contributed by atoms with Crippen molar-refractivity contribution in [3.63, 3.8) is 0 Å². The highest BCUT2D eigenvalue weighted by Crippen LogP contribution is 2.28. The van der Waals surface area contributed by atoms with Gasteiger partial charge < -0.3 is 4.90 Å². The number of unbranched alkanes of at least 4 members (excludes halogenated alkanes) is 1. The molecule has 1 aliphatic heterocycles. The summed E-state index contributed by atoms with van der Waals surface area (Å²) in [5, 5.41) is 12.9. The number of hydrogen-bond acceptors (Lipinski definition) is 3. The van der Waals surface area contributed by atoms with Gasteiger partial charge in [0, 0.05) is 24.8 Å². The number of nitrogens with one attached hydrogen (secondary N) is 1. The molecule has 0 radical (unpaired) electrons. The lowest BCUT2D eigenvalue weighted by Crippen LogP contribution is -2.42. The van der Waals surface area contributed by atoms with Crippen LogP contribution in [0.5, 0.6) is 0 Å². The van der Waals surface area contributed by atoms with E-state index in [1.165, 1.54) is 30.5 Å². The summed E-state index contributed by atoms with van der Waals surface area (Å²) in [6, 6.07) is 11.8. The van der Waals surface area contributed by atoms with Crippen molar-refractivity contribution in [3.8, 4) is 6.07 Å². The first kappa shape index (κ1) is 14.4. The molecular weight excluding hydrogens is 258 g/mol. The van der Waals surface area contributed by atoms with E-state index in [-0.39, 0.29) is 5.54 Å². The predicted molar refractivity (Wildman–Crippen MR) is 86.4 cm³/mol. The van der Waals surface area contributed by atoms with Gasteiger partial charge in [-0.05, 0) is 57.1 Å². The highest BCUT2D eigenvalue weighted by atomic mass is 15.1. The molecule has 3 heteroatoms. The van der Waals surface area contributed by atoms with Crippen molar-refractivity contribution in [2.45, 2.75) is 57.0 Å². The highest BCUT2D eigenvalue weighted by Gasteiger charge is 2.32. The molecule has 0 spiro atoms. The maximum Gasteiger partial charge on any atom is 0.104 e. The number of nitrogens with zero attached hydrogens (tertiary/aromatic N) is 2. The SMILES string of the molecule is CC(C#N)(CCCCN1CCc2ccccc21)NC1CC1. The van der Waals surface area contributed by atoms with Gasteiger partial charge in [0.25, 0.3) is 0 Å². The van der Waals surface area contributed by atoms with Gasteiger partial charge in [0.15, 0.2) is 0 Å². The summed E-state index contributed by atoms with van der Waals surface area (Å²) < 4.78 is 0. The first-order valence-corrected chi connectivity index (χ1v) is 8.22. The van der Waals surface area contributed by atoms with Gasteiger partial charge in [-0.1, -0.05) is 18.2 Å². The molecule has 1 aliphatic carbocycles. The number of rotatable bonds is 7. The lowest BCUT2D eigenvalue weighted by Gasteiger charge is -2.24. The molecule has 3 nitrogen and oxygen atoms in total. The summed E-state index contributed by atoms with van der Waals surface area (Å²) >= 11 is 0. The Morgan fingerprint density at radius 1 is 1.33 bits per heavy atom. The van der Waals surface area contributed by atoms with E-state index in [0.717, 1.165) is 32.4 Å². The molecule has 21 heavy (non-hydrogen) atoms. The molecule has 1 unspecified atom stereocenters. The van der Waals surface area contributed by atoms with Crippen LogP contribution >= 0.6 is 0 Å². The summed E-state index contributed by atoms with van der Waals surface area (Å²) in [7, 11) is 0. The monoisotopic (exact) mass is 283 g/mol. The van der Waals surface area contributed by atoms with Crippen LogP contribution in [0.2, 0.25) is 0 Å². The number of nitriles is 1. The molecule has 1 fully saturated rings. The maximum atomic E-state index is 9.38. The molecule has 1 heterocycles. The quantitative estimate of drug-likeness (QED) is 0.781. The van der Waals surface area contributed by atoms with Crippen molar-refractivity contribution in [2.24, 2.45) is 0 Å². The van der Waals surface area contributed by atoms with Crippen molar-refractivity contribution >= 4 is 5.69 Å². The van der Waals surface area contributed by atoms with Crippen molar-refractivity contribution in [3.05, 3.63) is 29.8 Å². The molecule has 112 valence electrons. The van der Waals surface area contributed by atoms with Crippen LogP contribution in [-0.2, 0) is 6.42 Å². The van der Waals surface area contributed by atoms with Crippen molar-refractivity contribution in [1.82, 2.24) is 5.32 Å². The second kappa shape index (κ2) is 6.07. The minimum Gasteiger partial charge on any atom is -0.371 e. The third-order valence-corrected chi connectivity index (χ3v) is 4.68. The van der Waals surface area contributed by atoms with Gasteiger partial charge in [0.2, 0.25) is 0 Å². The Morgan fingerprint density at radius 2 is 2.14 bits per heavy atom. The second-order valence-corrected chi connectivity index (χ2v) is 6.69. The van der Waals surface area contributed by atoms with Crippen LogP contribution < -0.4 is 10.2 Å². The summed E-state index contributed by atoms with van der Waals surface area (Å²) in [4.78, 5) is 2.49. The minimum absolute atomic E-state index is 0.329. The van der Waals surface area contributed by atoms with Crippen LogP contribution in [0.4, 0.5) is 5.69 Å². The number of anilines is 1. The second-order valence-electron chi connectivity index (χ2n) is 6.69. The normalized spacial score (nSPS) is 19.9. The molecule has 1 aromatic rings. The number of benzene rings is 1. The standard InChI is InChI=1S/C18H25N3/c1-18(14-19,20-16-8-9-16)11-4-5-12-21-13-10-15-6-2-3-7-17(15)21/h2-3,6-7,16,20H,4-5,8-13H2,1H3. The van der Waals surface area contributed by atoms with E-state index in [0.29, 0.717) is 6.04 Å². The van der Waals surface area contributed by atoms with Crippen molar-refractivity contribution < 1.29 is 0 Å². The minimum atomic E-state index is -0.329. The van der Waals surface area contributed by atoms with Gasteiger partial charge in [-0.2, -0.15) is 5.26 Å². The lowest BCUT2D eigenvalue weighted by molar-refractivity contribution is 0.398. The fourth-order valence-electron chi connectivity index (χ4n) is 3.26. The molecular formula is C18H25N3. The summed E-state index contributed by atoms with van der Waals surface area (Å²) in [5.74, 6) is 0. The third-order valence-electron chi connectivity index (χ3n) is 4.68. The van der Waals surface area contributed by atoms with Gasteiger partial charge in [-0.3, -0.25) is 5.32 Å². The van der Waals surface area contributed by atoms with Gasteiger partial charge in [-0.15, -0.1) is 0 Å². The molecule has 0 saturated heterocycles. The maximum absolute atomic E-state index is 9.38. The Balaban J connectivity index is 1.43. The Morgan fingerprint density at radius 3 is 2.90 bits per heavy atom. The zero-order chi connectivity index (χ0) is 14.7. The summed E-state index contributed by atoms with van der Waals surface area (Å²) in [6.07, 6.45) is 6.88. The van der Waals surface area contributed by atoms with Crippen LogP contribution in [0.15, 0.2) is 24.3 Å². The smallest absolute Gasteiger partial charge is 0.104 e. The number of para-hydroxylation sites is 1. The zero-order valence-corrected chi connectivity index (χ0v) is 12.9. The summed E-state index contributed by atoms with van der Waals surface area (Å²) in [6.45, 7) is 4.31. The Hall–Kier alpha value is -1.53. The Bertz CT molecular complexity index is 530. The van der Waals surface area contributed by atoms with Crippen LogP contribution in [0, 0.1) is 11.3 Å². The van der Waals surface area contributed by atoms with Gasteiger partial charge >= 0.3 is 0 Å². The predicted octanol–water partition coefficient (Wildman–Crippen LogP) is 3.25. The molecule has 1 saturated carbocycles. The van der Waals surface area contributed by atoms with E-state index in [9.17, 15) is 5.26 Å². The molecule has 3 rings (SSSR count). The molecule has 1 atom stereocenters. The van der Waals surface area contributed by atoms with Crippen LogP contribution in [0.25, 0.3) is 0 Å². The number of fused-ring (bicyclic) bond motifs is 1. The van der Waals surface area contributed by atoms with Crippen LogP contribution in [-0.4, -0.2) is 24.7 Å². The highest BCUT2D eigenvalue weighted by molar-refractivity contribution is 5.57. The average Bonchev–Trinajstić information content (AvgIpc) is 3.21. The fourth-order valence-corrected chi connectivity index (χ4v) is 3.26. The fraction of sp³-hybridized carbons (Fsp3) is 0.611. The molecule has 1 aromatic carbocycles. The molecule has 0 aromatic heterocycles. The molecule has 1 N–H and O–H groups in total. The molecule has 0 amide bonds. The van der Waals surface area contributed by atoms with Gasteiger partial charge in [0.1, 0.15) is 5.54 Å². The first-order chi connectivity index (χ1) is 10.2. The Kier molecular flexibility index (Phi) is 4.17. The van der Waals surface area contributed by atoms with E-state index >= 15 is 0 Å². The molecule has 0 bridgehead atoms. The van der Waals surface area contributed by atoms with E-state index < -0.39 is 0 Å². The average molecular weight is 283 g/mol. The largest absolute Gasteiger partial charge is 0.371 e.